The lowest BCUT2D eigenvalue weighted by atomic mass is 9.93. The molecule has 0 saturated carbocycles. The van der Waals surface area contributed by atoms with E-state index in [4.69, 9.17) is 4.74 Å². The molecule has 1 aromatic heterocycles. The third kappa shape index (κ3) is 2.80. The molecular formula is C10H15NO2S. The van der Waals surface area contributed by atoms with E-state index in [9.17, 15) is 4.79 Å². The number of carbonyl (C=O) groups is 1. The summed E-state index contributed by atoms with van der Waals surface area (Å²) in [6.45, 7) is 4.05. The van der Waals surface area contributed by atoms with Gasteiger partial charge >= 0.3 is 5.97 Å². The monoisotopic (exact) mass is 213 g/mol. The van der Waals surface area contributed by atoms with Gasteiger partial charge in [0.2, 0.25) is 0 Å². The third-order valence-corrected chi connectivity index (χ3v) is 2.99. The van der Waals surface area contributed by atoms with E-state index in [1.165, 1.54) is 7.11 Å². The fourth-order valence-electron chi connectivity index (χ4n) is 1.28. The zero-order valence-corrected chi connectivity index (χ0v) is 9.50. The second-order valence-corrected chi connectivity index (χ2v) is 4.48. The van der Waals surface area contributed by atoms with Crippen LogP contribution >= 0.6 is 11.3 Å². The van der Waals surface area contributed by atoms with Gasteiger partial charge in [0.05, 0.1) is 18.0 Å². The fourth-order valence-corrected chi connectivity index (χ4v) is 1.96. The van der Waals surface area contributed by atoms with E-state index in [1.54, 1.807) is 17.5 Å². The number of ether oxygens (including phenoxy) is 1. The molecule has 1 rings (SSSR count). The number of esters is 1. The lowest BCUT2D eigenvalue weighted by Crippen LogP contribution is -2.23. The average Bonchev–Trinajstić information content (AvgIpc) is 2.65. The summed E-state index contributed by atoms with van der Waals surface area (Å²) in [5.74, 6) is 0.0627. The van der Waals surface area contributed by atoms with Gasteiger partial charge in [-0.25, -0.2) is 4.98 Å². The Labute approximate surface area is 88.1 Å². The highest BCUT2D eigenvalue weighted by molar-refractivity contribution is 7.09. The fraction of sp³-hybridized carbons (Fsp3) is 0.600. The van der Waals surface area contributed by atoms with Crippen molar-refractivity contribution in [3.63, 3.8) is 0 Å². The van der Waals surface area contributed by atoms with E-state index in [1.807, 2.05) is 19.2 Å². The number of rotatable bonds is 4. The number of carbonyl (C=O) groups excluding carboxylic acids is 1. The maximum Gasteiger partial charge on any atom is 0.309 e. The molecule has 0 radical (unpaired) electrons. The van der Waals surface area contributed by atoms with Crippen molar-refractivity contribution in [2.75, 3.05) is 7.11 Å². The lowest BCUT2D eigenvalue weighted by molar-refractivity contribution is -0.146. The highest BCUT2D eigenvalue weighted by Gasteiger charge is 2.24. The van der Waals surface area contributed by atoms with Crippen molar-refractivity contribution < 1.29 is 9.53 Å². The molecule has 0 spiro atoms. The van der Waals surface area contributed by atoms with Crippen LogP contribution in [0.4, 0.5) is 0 Å². The molecule has 0 bridgehead atoms. The van der Waals surface area contributed by atoms with E-state index in [-0.39, 0.29) is 17.8 Å². The molecule has 1 heterocycles. The second kappa shape index (κ2) is 5.10. The summed E-state index contributed by atoms with van der Waals surface area (Å²) >= 11 is 1.58. The van der Waals surface area contributed by atoms with Gasteiger partial charge < -0.3 is 4.74 Å². The molecule has 4 heteroatoms. The second-order valence-electron chi connectivity index (χ2n) is 3.50. The van der Waals surface area contributed by atoms with Crippen molar-refractivity contribution in [3.05, 3.63) is 16.6 Å². The first kappa shape index (κ1) is 11.2. The molecule has 1 aromatic rings. The van der Waals surface area contributed by atoms with Gasteiger partial charge in [-0.15, -0.1) is 11.3 Å². The molecule has 78 valence electrons. The topological polar surface area (TPSA) is 39.2 Å². The van der Waals surface area contributed by atoms with Crippen LogP contribution < -0.4 is 0 Å². The standard InChI is InChI=1S/C10H15NO2S/c1-7(2)8(10(12)13-3)6-9-11-4-5-14-9/h4-5,7-8H,6H2,1-3H3. The van der Waals surface area contributed by atoms with E-state index < -0.39 is 0 Å². The molecule has 0 fully saturated rings. The zero-order chi connectivity index (χ0) is 10.6. The van der Waals surface area contributed by atoms with Crippen LogP contribution in [0, 0.1) is 11.8 Å². The molecule has 14 heavy (non-hydrogen) atoms. The molecular weight excluding hydrogens is 198 g/mol. The first-order chi connectivity index (χ1) is 6.65. The average molecular weight is 213 g/mol. The van der Waals surface area contributed by atoms with Gasteiger partial charge in [-0.3, -0.25) is 4.79 Å². The number of methoxy groups -OCH3 is 1. The minimum Gasteiger partial charge on any atom is -0.469 e. The Morgan fingerprint density at radius 1 is 1.64 bits per heavy atom. The summed E-state index contributed by atoms with van der Waals surface area (Å²) in [5, 5.41) is 2.92. The number of hydrogen-bond acceptors (Lipinski definition) is 4. The van der Waals surface area contributed by atoms with Gasteiger partial charge in [0.25, 0.3) is 0 Å². The minimum atomic E-state index is -0.143. The van der Waals surface area contributed by atoms with Crippen LogP contribution in [-0.4, -0.2) is 18.1 Å². The van der Waals surface area contributed by atoms with Crippen LogP contribution in [-0.2, 0) is 16.0 Å². The molecule has 0 aliphatic rings. The number of nitrogens with zero attached hydrogens (tertiary/aromatic N) is 1. The van der Waals surface area contributed by atoms with Gasteiger partial charge in [-0.05, 0) is 5.92 Å². The van der Waals surface area contributed by atoms with Crippen LogP contribution in [0.1, 0.15) is 18.9 Å². The van der Waals surface area contributed by atoms with Crippen LogP contribution in [0.5, 0.6) is 0 Å². The van der Waals surface area contributed by atoms with Gasteiger partial charge in [0.15, 0.2) is 0 Å². The SMILES string of the molecule is COC(=O)C(Cc1nccs1)C(C)C. The summed E-state index contributed by atoms with van der Waals surface area (Å²) in [6, 6.07) is 0. The van der Waals surface area contributed by atoms with Crippen molar-refractivity contribution in [1.29, 1.82) is 0 Å². The van der Waals surface area contributed by atoms with E-state index in [2.05, 4.69) is 4.98 Å². The number of thiazole rings is 1. The Balaban J connectivity index is 2.65. The molecule has 1 atom stereocenters. The summed E-state index contributed by atoms with van der Waals surface area (Å²) in [6.07, 6.45) is 2.44. The van der Waals surface area contributed by atoms with Crippen LogP contribution in [0.25, 0.3) is 0 Å². The quantitative estimate of drug-likeness (QED) is 0.719. The summed E-state index contributed by atoms with van der Waals surface area (Å²) in [5.41, 5.74) is 0. The highest BCUT2D eigenvalue weighted by Crippen LogP contribution is 2.19. The van der Waals surface area contributed by atoms with Gasteiger partial charge in [0.1, 0.15) is 0 Å². The van der Waals surface area contributed by atoms with Gasteiger partial charge in [-0.2, -0.15) is 0 Å². The summed E-state index contributed by atoms with van der Waals surface area (Å²) in [4.78, 5) is 15.6. The third-order valence-electron chi connectivity index (χ3n) is 2.19. The van der Waals surface area contributed by atoms with Crippen molar-refractivity contribution in [3.8, 4) is 0 Å². The predicted octanol–water partition coefficient (Wildman–Crippen LogP) is 2.13. The Hall–Kier alpha value is -0.900. The Kier molecular flexibility index (Phi) is 4.07. The Bertz CT molecular complexity index is 282. The van der Waals surface area contributed by atoms with Crippen LogP contribution in [0.15, 0.2) is 11.6 Å². The largest absolute Gasteiger partial charge is 0.469 e. The van der Waals surface area contributed by atoms with Gasteiger partial charge in [-0.1, -0.05) is 13.8 Å². The maximum absolute atomic E-state index is 11.4. The molecule has 0 aromatic carbocycles. The van der Waals surface area contributed by atoms with Crippen molar-refractivity contribution >= 4 is 17.3 Å². The van der Waals surface area contributed by atoms with E-state index in [0.29, 0.717) is 6.42 Å². The number of aromatic nitrogens is 1. The maximum atomic E-state index is 11.4. The molecule has 0 aliphatic heterocycles. The molecule has 1 unspecified atom stereocenters. The predicted molar refractivity (Wildman–Crippen MR) is 56.2 cm³/mol. The summed E-state index contributed by atoms with van der Waals surface area (Å²) < 4.78 is 4.76. The minimum absolute atomic E-state index is 0.0776. The van der Waals surface area contributed by atoms with Crippen molar-refractivity contribution in [1.82, 2.24) is 4.98 Å². The van der Waals surface area contributed by atoms with Crippen LogP contribution in [0.3, 0.4) is 0 Å². The van der Waals surface area contributed by atoms with Crippen molar-refractivity contribution in [2.45, 2.75) is 20.3 Å². The molecule has 0 aliphatic carbocycles. The first-order valence-electron chi connectivity index (χ1n) is 4.61. The van der Waals surface area contributed by atoms with E-state index >= 15 is 0 Å². The van der Waals surface area contributed by atoms with Crippen LogP contribution in [0.2, 0.25) is 0 Å². The highest BCUT2D eigenvalue weighted by atomic mass is 32.1. The Morgan fingerprint density at radius 3 is 2.79 bits per heavy atom. The van der Waals surface area contributed by atoms with E-state index in [0.717, 1.165) is 5.01 Å². The normalized spacial score (nSPS) is 12.9. The van der Waals surface area contributed by atoms with Crippen molar-refractivity contribution in [2.24, 2.45) is 11.8 Å². The zero-order valence-electron chi connectivity index (χ0n) is 8.69. The Morgan fingerprint density at radius 2 is 2.36 bits per heavy atom. The molecule has 3 nitrogen and oxygen atoms in total. The van der Waals surface area contributed by atoms with Gasteiger partial charge in [0, 0.05) is 18.0 Å². The first-order valence-corrected chi connectivity index (χ1v) is 5.49. The molecule has 0 N–H and O–H groups in total. The smallest absolute Gasteiger partial charge is 0.309 e. The summed E-state index contributed by atoms with van der Waals surface area (Å²) in [7, 11) is 1.43. The number of hydrogen-bond donors (Lipinski definition) is 0. The molecule has 0 amide bonds. The molecule has 0 saturated heterocycles. The lowest BCUT2D eigenvalue weighted by Gasteiger charge is -2.16.